The molecule has 0 spiro atoms. The van der Waals surface area contributed by atoms with E-state index in [1.807, 2.05) is 0 Å². The summed E-state index contributed by atoms with van der Waals surface area (Å²) in [5, 5.41) is 7.37. The Kier molecular flexibility index (Phi) is 10.6. The highest BCUT2D eigenvalue weighted by atomic mass is 15.1. The second-order valence-electron chi connectivity index (χ2n) is 17.4. The first-order valence-electron chi connectivity index (χ1n) is 23.3. The minimum atomic E-state index is 1.08. The molecule has 12 aromatic carbocycles. The van der Waals surface area contributed by atoms with Gasteiger partial charge in [-0.1, -0.05) is 212 Å². The third kappa shape index (κ3) is 7.85. The van der Waals surface area contributed by atoms with E-state index >= 15 is 0 Å². The average Bonchev–Trinajstić information content (AvgIpc) is 3.42. The fraction of sp³-hybridized carbons (Fsp3) is 0. The van der Waals surface area contributed by atoms with Crippen LogP contribution in [0.3, 0.4) is 0 Å². The Morgan fingerprint density at radius 3 is 1.12 bits per heavy atom. The highest BCUT2D eigenvalue weighted by molar-refractivity contribution is 6.01. The maximum absolute atomic E-state index is 2.39. The molecule has 0 atom stereocenters. The van der Waals surface area contributed by atoms with Gasteiger partial charge < -0.3 is 9.80 Å². The van der Waals surface area contributed by atoms with Crippen LogP contribution in [0.15, 0.2) is 279 Å². The van der Waals surface area contributed by atoms with Crippen molar-refractivity contribution in [3.05, 3.63) is 279 Å². The van der Waals surface area contributed by atoms with Gasteiger partial charge in [-0.05, 0) is 138 Å². The number of hydrogen-bond acceptors (Lipinski definition) is 2. The van der Waals surface area contributed by atoms with Crippen molar-refractivity contribution in [1.29, 1.82) is 0 Å². The maximum Gasteiger partial charge on any atom is 0.0540 e. The molecule has 0 unspecified atom stereocenters. The standard InChI is InChI=1S/C66H46N2/c1-2-12-47(13-3-1)49-24-26-50(27-25-49)51-28-37-58(38-29-51)67(60-43-35-56(36-44-60)64-22-10-18-54-15-6-8-20-63(54)64)59-39-30-52(31-40-59)53-32-41-61(42-33-53)68(62-45-34-48-14-4-5-17-57(48)46-62)66-23-11-19-55-16-7-9-21-65(55)66/h1-46H. The van der Waals surface area contributed by atoms with Gasteiger partial charge in [-0.2, -0.15) is 0 Å². The molecule has 0 heterocycles. The topological polar surface area (TPSA) is 6.48 Å². The van der Waals surface area contributed by atoms with Crippen LogP contribution in [0, 0.1) is 0 Å². The van der Waals surface area contributed by atoms with Crippen molar-refractivity contribution < 1.29 is 0 Å². The lowest BCUT2D eigenvalue weighted by Gasteiger charge is -2.27. The van der Waals surface area contributed by atoms with Crippen molar-refractivity contribution in [2.75, 3.05) is 9.80 Å². The summed E-state index contributed by atoms with van der Waals surface area (Å²) in [6.07, 6.45) is 0. The van der Waals surface area contributed by atoms with E-state index in [0.717, 1.165) is 45.3 Å². The fourth-order valence-corrected chi connectivity index (χ4v) is 9.76. The number of hydrogen-bond donors (Lipinski definition) is 0. The highest BCUT2D eigenvalue weighted by Gasteiger charge is 2.18. The summed E-state index contributed by atoms with van der Waals surface area (Å²) in [4.78, 5) is 4.74. The largest absolute Gasteiger partial charge is 0.311 e. The molecule has 12 aromatic rings. The second kappa shape index (κ2) is 17.8. The Balaban J connectivity index is 0.882. The summed E-state index contributed by atoms with van der Waals surface area (Å²) in [6, 6.07) is 101. The van der Waals surface area contributed by atoms with E-state index in [1.54, 1.807) is 0 Å². The Morgan fingerprint density at radius 2 is 0.559 bits per heavy atom. The first-order chi connectivity index (χ1) is 33.7. The molecular weight excluding hydrogens is 821 g/mol. The predicted molar refractivity (Wildman–Crippen MR) is 290 cm³/mol. The summed E-state index contributed by atoms with van der Waals surface area (Å²) in [5.41, 5.74) is 16.2. The number of benzene rings is 12. The zero-order valence-electron chi connectivity index (χ0n) is 37.5. The molecule has 2 nitrogen and oxygen atoms in total. The van der Waals surface area contributed by atoms with E-state index in [-0.39, 0.29) is 0 Å². The minimum absolute atomic E-state index is 1.08. The lowest BCUT2D eigenvalue weighted by Crippen LogP contribution is -2.10. The van der Waals surface area contributed by atoms with E-state index in [9.17, 15) is 0 Å². The van der Waals surface area contributed by atoms with E-state index in [1.165, 1.54) is 65.7 Å². The highest BCUT2D eigenvalue weighted by Crippen LogP contribution is 2.42. The van der Waals surface area contributed by atoms with Gasteiger partial charge in [0.15, 0.2) is 0 Å². The first-order valence-corrected chi connectivity index (χ1v) is 23.3. The molecule has 0 aliphatic heterocycles. The Morgan fingerprint density at radius 1 is 0.191 bits per heavy atom. The maximum atomic E-state index is 2.39. The van der Waals surface area contributed by atoms with Gasteiger partial charge >= 0.3 is 0 Å². The molecule has 0 aliphatic rings. The van der Waals surface area contributed by atoms with Gasteiger partial charge in [0.25, 0.3) is 0 Å². The van der Waals surface area contributed by atoms with Crippen LogP contribution in [0.2, 0.25) is 0 Å². The third-order valence-corrected chi connectivity index (χ3v) is 13.3. The molecule has 0 aliphatic carbocycles. The number of fused-ring (bicyclic) bond motifs is 3. The lowest BCUT2D eigenvalue weighted by atomic mass is 9.98. The van der Waals surface area contributed by atoms with Crippen LogP contribution in [-0.4, -0.2) is 0 Å². The molecule has 0 fully saturated rings. The molecular formula is C66H46N2. The van der Waals surface area contributed by atoms with Gasteiger partial charge in [0.1, 0.15) is 0 Å². The first kappa shape index (κ1) is 40.5. The molecule has 0 radical (unpaired) electrons. The van der Waals surface area contributed by atoms with Gasteiger partial charge in [0.05, 0.1) is 5.69 Å². The Hall–Kier alpha value is -8.98. The summed E-state index contributed by atoms with van der Waals surface area (Å²) >= 11 is 0. The van der Waals surface area contributed by atoms with E-state index in [2.05, 4.69) is 289 Å². The van der Waals surface area contributed by atoms with Crippen molar-refractivity contribution in [3.8, 4) is 44.5 Å². The number of anilines is 6. The van der Waals surface area contributed by atoms with Crippen molar-refractivity contribution in [2.45, 2.75) is 0 Å². The van der Waals surface area contributed by atoms with Crippen LogP contribution in [0.4, 0.5) is 34.1 Å². The van der Waals surface area contributed by atoms with Crippen molar-refractivity contribution in [3.63, 3.8) is 0 Å². The second-order valence-corrected chi connectivity index (χ2v) is 17.4. The van der Waals surface area contributed by atoms with Crippen LogP contribution in [0.25, 0.3) is 76.8 Å². The van der Waals surface area contributed by atoms with Crippen LogP contribution in [-0.2, 0) is 0 Å². The van der Waals surface area contributed by atoms with Gasteiger partial charge in [0.2, 0.25) is 0 Å². The van der Waals surface area contributed by atoms with Crippen LogP contribution in [0.5, 0.6) is 0 Å². The summed E-state index contributed by atoms with van der Waals surface area (Å²) < 4.78 is 0. The summed E-state index contributed by atoms with van der Waals surface area (Å²) in [5.74, 6) is 0. The molecule has 0 bridgehead atoms. The van der Waals surface area contributed by atoms with Crippen LogP contribution in [0.1, 0.15) is 0 Å². The molecule has 0 N–H and O–H groups in total. The van der Waals surface area contributed by atoms with Crippen molar-refractivity contribution in [1.82, 2.24) is 0 Å². The third-order valence-electron chi connectivity index (χ3n) is 13.3. The number of rotatable bonds is 10. The molecule has 0 aromatic heterocycles. The molecule has 0 saturated heterocycles. The monoisotopic (exact) mass is 866 g/mol. The molecule has 68 heavy (non-hydrogen) atoms. The van der Waals surface area contributed by atoms with Gasteiger partial charge in [-0.15, -0.1) is 0 Å². The fourth-order valence-electron chi connectivity index (χ4n) is 9.76. The van der Waals surface area contributed by atoms with E-state index < -0.39 is 0 Å². The molecule has 320 valence electrons. The summed E-state index contributed by atoms with van der Waals surface area (Å²) in [6.45, 7) is 0. The molecule has 2 heteroatoms. The van der Waals surface area contributed by atoms with Crippen molar-refractivity contribution in [2.24, 2.45) is 0 Å². The molecule has 0 saturated carbocycles. The van der Waals surface area contributed by atoms with E-state index in [4.69, 9.17) is 0 Å². The van der Waals surface area contributed by atoms with E-state index in [0.29, 0.717) is 0 Å². The lowest BCUT2D eigenvalue weighted by molar-refractivity contribution is 1.28. The number of nitrogens with zero attached hydrogens (tertiary/aromatic N) is 2. The van der Waals surface area contributed by atoms with Gasteiger partial charge in [-0.25, -0.2) is 0 Å². The SMILES string of the molecule is c1ccc(-c2ccc(-c3ccc(N(c4ccc(-c5ccc(N(c6ccc7ccccc7c6)c6cccc7ccccc67)cc5)cc4)c4ccc(-c5cccc6ccccc56)cc4)cc3)cc2)cc1. The quantitative estimate of drug-likeness (QED) is 0.135. The average molecular weight is 867 g/mol. The zero-order chi connectivity index (χ0) is 45.2. The zero-order valence-corrected chi connectivity index (χ0v) is 37.5. The predicted octanol–water partition coefficient (Wildman–Crippen LogP) is 18.8. The minimum Gasteiger partial charge on any atom is -0.311 e. The smallest absolute Gasteiger partial charge is 0.0540 e. The Labute approximate surface area is 397 Å². The van der Waals surface area contributed by atoms with Gasteiger partial charge in [-0.3, -0.25) is 0 Å². The van der Waals surface area contributed by atoms with Crippen LogP contribution >= 0.6 is 0 Å². The Bertz CT molecular complexity index is 3680. The molecule has 0 amide bonds. The van der Waals surface area contributed by atoms with Gasteiger partial charge in [0, 0.05) is 33.8 Å². The molecule has 12 rings (SSSR count). The van der Waals surface area contributed by atoms with Crippen molar-refractivity contribution >= 4 is 66.4 Å². The summed E-state index contributed by atoms with van der Waals surface area (Å²) in [7, 11) is 0. The normalized spacial score (nSPS) is 11.2. The van der Waals surface area contributed by atoms with Crippen LogP contribution < -0.4 is 9.80 Å².